The second-order valence-corrected chi connectivity index (χ2v) is 13.0. The molecule has 10 nitrogen and oxygen atoms in total. The number of rotatable bonds is 12. The number of benzene rings is 3. The second-order valence-electron chi connectivity index (χ2n) is 9.83. The van der Waals surface area contributed by atoms with Crippen LogP contribution < -0.4 is 14.2 Å². The molecule has 5 rings (SSSR count). The molecule has 216 valence electrons. The van der Waals surface area contributed by atoms with Crippen LogP contribution in [0.15, 0.2) is 83.1 Å². The third kappa shape index (κ3) is 7.33. The number of para-hydroxylation sites is 2. The highest BCUT2D eigenvalue weighted by atomic mass is 32.2. The van der Waals surface area contributed by atoms with Gasteiger partial charge in [-0.15, -0.1) is 0 Å². The Kier molecular flexibility index (Phi) is 8.45. The minimum atomic E-state index is -4.06. The zero-order valence-electron chi connectivity index (χ0n) is 22.2. The van der Waals surface area contributed by atoms with Crippen molar-refractivity contribution in [2.45, 2.75) is 32.2 Å². The number of unbranched alkanes of at least 4 members (excludes halogenated alkanes) is 2. The van der Waals surface area contributed by atoms with Crippen LogP contribution in [0.4, 0.5) is 5.69 Å². The first-order valence-electron chi connectivity index (χ1n) is 13.3. The molecule has 1 aliphatic rings. The first kappa shape index (κ1) is 28.8. The van der Waals surface area contributed by atoms with E-state index < -0.39 is 20.2 Å². The molecule has 0 spiro atoms. The fourth-order valence-corrected chi connectivity index (χ4v) is 5.99. The third-order valence-corrected chi connectivity index (χ3v) is 8.40. The fourth-order valence-electron chi connectivity index (χ4n) is 4.85. The van der Waals surface area contributed by atoms with Crippen LogP contribution in [0.3, 0.4) is 0 Å². The predicted molar refractivity (Wildman–Crippen MR) is 156 cm³/mol. The molecule has 3 aromatic carbocycles. The van der Waals surface area contributed by atoms with E-state index in [2.05, 4.69) is 0 Å². The summed E-state index contributed by atoms with van der Waals surface area (Å²) in [6.45, 7) is 0.881. The molecule has 0 radical (unpaired) electrons. The zero-order chi connectivity index (χ0) is 29.0. The number of ether oxygens (including phenoxy) is 1. The van der Waals surface area contributed by atoms with E-state index in [4.69, 9.17) is 18.3 Å². The van der Waals surface area contributed by atoms with Crippen molar-refractivity contribution in [1.82, 2.24) is 0 Å². The van der Waals surface area contributed by atoms with Crippen molar-refractivity contribution in [2.24, 2.45) is 0 Å². The summed E-state index contributed by atoms with van der Waals surface area (Å²) in [5, 5.41) is 0. The summed E-state index contributed by atoms with van der Waals surface area (Å²) in [7, 11) is -8.11. The van der Waals surface area contributed by atoms with Gasteiger partial charge in [-0.25, -0.2) is 0 Å². The van der Waals surface area contributed by atoms with Crippen molar-refractivity contribution in [3.63, 3.8) is 0 Å². The highest BCUT2D eigenvalue weighted by Crippen LogP contribution is 2.42. The zero-order valence-corrected chi connectivity index (χ0v) is 23.9. The van der Waals surface area contributed by atoms with Crippen LogP contribution in [0.25, 0.3) is 28.3 Å². The van der Waals surface area contributed by atoms with Gasteiger partial charge in [0.1, 0.15) is 6.08 Å². The number of nitrogens with zero attached hydrogens (tertiary/aromatic N) is 2. The quantitative estimate of drug-likeness (QED) is 0.132. The summed E-state index contributed by atoms with van der Waals surface area (Å²) in [4.78, 5) is 1.96. The first-order chi connectivity index (χ1) is 19.6. The lowest BCUT2D eigenvalue weighted by Crippen LogP contribution is -2.36. The highest BCUT2D eigenvalue weighted by Gasteiger charge is 2.30. The molecule has 0 bridgehead atoms. The summed E-state index contributed by atoms with van der Waals surface area (Å²) in [6, 6.07) is 23.3. The van der Waals surface area contributed by atoms with Crippen molar-refractivity contribution in [3.05, 3.63) is 84.6 Å². The molecule has 0 aliphatic carbocycles. The molecule has 2 heterocycles. The summed E-state index contributed by atoms with van der Waals surface area (Å²) in [5.41, 5.74) is 4.33. The van der Waals surface area contributed by atoms with Crippen LogP contribution in [0.1, 0.15) is 31.6 Å². The lowest BCUT2D eigenvalue weighted by atomic mass is 10.0. The maximum Gasteiger partial charge on any atom is 0.379 e. The topological polar surface area (TPSA) is 138 Å². The Morgan fingerprint density at radius 3 is 2.20 bits per heavy atom. The average Bonchev–Trinajstić information content (AvgIpc) is 3.45. The average molecular weight is 600 g/mol. The van der Waals surface area contributed by atoms with E-state index in [-0.39, 0.29) is 24.3 Å². The van der Waals surface area contributed by atoms with E-state index in [1.165, 1.54) is 0 Å². The molecule has 0 fully saturated rings. The number of aromatic nitrogens is 1. The van der Waals surface area contributed by atoms with Gasteiger partial charge in [-0.05, 0) is 48.6 Å². The lowest BCUT2D eigenvalue weighted by molar-refractivity contribution is -0.678. The number of hydrogen-bond donors (Lipinski definition) is 2. The van der Waals surface area contributed by atoms with Gasteiger partial charge in [0, 0.05) is 19.0 Å². The molecule has 0 atom stereocenters. The Morgan fingerprint density at radius 2 is 1.46 bits per heavy atom. The molecule has 41 heavy (non-hydrogen) atoms. The van der Waals surface area contributed by atoms with E-state index in [1.54, 1.807) is 6.08 Å². The van der Waals surface area contributed by atoms with Gasteiger partial charge in [0.15, 0.2) is 12.3 Å². The van der Waals surface area contributed by atoms with Gasteiger partial charge in [0.2, 0.25) is 11.5 Å². The minimum Gasteiger partial charge on any atom is -0.438 e. The Balaban J connectivity index is 1.48. The monoisotopic (exact) mass is 599 g/mol. The molecule has 0 unspecified atom stereocenters. The van der Waals surface area contributed by atoms with Gasteiger partial charge < -0.3 is 14.1 Å². The van der Waals surface area contributed by atoms with Crippen LogP contribution in [-0.2, 0) is 26.8 Å². The van der Waals surface area contributed by atoms with E-state index in [0.717, 1.165) is 22.3 Å². The number of anilines is 1. The van der Waals surface area contributed by atoms with E-state index in [9.17, 15) is 16.8 Å². The summed E-state index contributed by atoms with van der Waals surface area (Å²) >= 11 is 0. The maximum atomic E-state index is 11.3. The van der Waals surface area contributed by atoms with Gasteiger partial charge in [0.05, 0.1) is 17.2 Å². The fraction of sp³-hybridized carbons (Fsp3) is 0.276. The summed E-state index contributed by atoms with van der Waals surface area (Å²) in [5.74, 6) is 0.973. The molecular formula is C29H31N2O8S2+. The Morgan fingerprint density at radius 1 is 0.780 bits per heavy atom. The molecule has 1 aliphatic heterocycles. The van der Waals surface area contributed by atoms with Gasteiger partial charge in [0.25, 0.3) is 25.8 Å². The summed E-state index contributed by atoms with van der Waals surface area (Å²) in [6.07, 6.45) is 3.30. The SMILES string of the molecule is O=S(=O)(O)CCCCN1C(=Cc2oc3ccccc3[n+]2CCCCS(=O)(=O)O)Oc2ccc(-c3ccccc3)cc21. The second kappa shape index (κ2) is 12.0. The van der Waals surface area contributed by atoms with Crippen molar-refractivity contribution in [1.29, 1.82) is 0 Å². The van der Waals surface area contributed by atoms with E-state index >= 15 is 0 Å². The number of aryl methyl sites for hydroxylation is 1. The third-order valence-electron chi connectivity index (χ3n) is 6.79. The molecule has 0 amide bonds. The number of fused-ring (bicyclic) bond motifs is 2. The molecular weight excluding hydrogens is 568 g/mol. The summed E-state index contributed by atoms with van der Waals surface area (Å²) < 4.78 is 77.5. The Labute approximate surface area is 239 Å². The van der Waals surface area contributed by atoms with Crippen LogP contribution >= 0.6 is 0 Å². The van der Waals surface area contributed by atoms with Crippen molar-refractivity contribution in [2.75, 3.05) is 23.0 Å². The van der Waals surface area contributed by atoms with Gasteiger partial charge in [-0.3, -0.25) is 9.11 Å². The van der Waals surface area contributed by atoms with Gasteiger partial charge in [-0.2, -0.15) is 21.4 Å². The lowest BCUT2D eigenvalue weighted by Gasteiger charge is -2.18. The number of hydrogen-bond acceptors (Lipinski definition) is 7. The number of oxazole rings is 1. The molecule has 1 aromatic heterocycles. The van der Waals surface area contributed by atoms with Crippen molar-refractivity contribution in [3.8, 4) is 16.9 Å². The smallest absolute Gasteiger partial charge is 0.379 e. The molecule has 2 N–H and O–H groups in total. The van der Waals surface area contributed by atoms with Gasteiger partial charge in [-0.1, -0.05) is 48.5 Å². The standard InChI is InChI=1S/C29H30N2O8S2/c32-40(33,34)18-8-6-16-30-24-12-4-5-13-26(24)38-28(30)21-29-31(17-7-9-19-41(35,36)37)25-20-23(14-15-27(25)39-29)22-10-2-1-3-11-22/h1-5,10-15,20-21H,6-9,16-19H2,(H-,32,33,34,35,36,37)/p+1. The van der Waals surface area contributed by atoms with Crippen molar-refractivity contribution < 1.29 is 39.7 Å². The maximum absolute atomic E-state index is 11.3. The van der Waals surface area contributed by atoms with Crippen molar-refractivity contribution >= 4 is 43.1 Å². The molecule has 4 aromatic rings. The van der Waals surface area contributed by atoms with E-state index in [1.807, 2.05) is 82.3 Å². The predicted octanol–water partition coefficient (Wildman–Crippen LogP) is 4.92. The van der Waals surface area contributed by atoms with Gasteiger partial charge >= 0.3 is 5.89 Å². The van der Waals surface area contributed by atoms with Crippen LogP contribution in [0.2, 0.25) is 0 Å². The minimum absolute atomic E-state index is 0.273. The van der Waals surface area contributed by atoms with Crippen LogP contribution in [0.5, 0.6) is 5.75 Å². The first-order valence-corrected chi connectivity index (χ1v) is 16.5. The van der Waals surface area contributed by atoms with E-state index in [0.29, 0.717) is 49.0 Å². The largest absolute Gasteiger partial charge is 0.438 e. The normalized spacial score (nSPS) is 14.5. The van der Waals surface area contributed by atoms with Crippen LogP contribution in [-0.4, -0.2) is 44.0 Å². The molecule has 0 saturated heterocycles. The molecule has 0 saturated carbocycles. The highest BCUT2D eigenvalue weighted by molar-refractivity contribution is 7.86. The molecule has 12 heteroatoms. The Bertz CT molecular complexity index is 1780. The van der Waals surface area contributed by atoms with Crippen LogP contribution in [0, 0.1) is 0 Å². The Hall–Kier alpha value is -3.71.